The van der Waals surface area contributed by atoms with E-state index in [2.05, 4.69) is 33.3 Å². The molecule has 0 amide bonds. The smallest absolute Gasteiger partial charge is 0.0837 e. The van der Waals surface area contributed by atoms with Crippen molar-refractivity contribution in [1.29, 1.82) is 0 Å². The molecule has 102 valence electrons. The van der Waals surface area contributed by atoms with E-state index in [4.69, 9.17) is 23.2 Å². The molecule has 2 rings (SSSR count). The topological polar surface area (TPSA) is 29.9 Å². The molecule has 1 heterocycles. The minimum Gasteiger partial charge on any atom is -0.305 e. The first-order valence-corrected chi connectivity index (χ1v) is 7.45. The van der Waals surface area contributed by atoms with Gasteiger partial charge in [0.25, 0.3) is 0 Å². The molecule has 0 saturated carbocycles. The van der Waals surface area contributed by atoms with E-state index >= 15 is 0 Å². The molecule has 0 aliphatic carbocycles. The maximum atomic E-state index is 6.24. The summed E-state index contributed by atoms with van der Waals surface area (Å²) in [5, 5.41) is 8.95. The van der Waals surface area contributed by atoms with Crippen LogP contribution in [0.3, 0.4) is 0 Å². The zero-order chi connectivity index (χ0) is 14.0. The lowest BCUT2D eigenvalue weighted by molar-refractivity contribution is 0.572. The fourth-order valence-corrected chi connectivity index (χ4v) is 2.80. The Morgan fingerprint density at radius 3 is 2.63 bits per heavy atom. The van der Waals surface area contributed by atoms with Crippen molar-refractivity contribution in [2.24, 2.45) is 7.05 Å². The largest absolute Gasteiger partial charge is 0.305 e. The Labute approximate surface area is 131 Å². The monoisotopic (exact) mass is 361 g/mol. The van der Waals surface area contributed by atoms with Crippen LogP contribution >= 0.6 is 39.1 Å². The number of aryl methyl sites for hydroxylation is 1. The molecule has 6 heteroatoms. The van der Waals surface area contributed by atoms with Gasteiger partial charge in [0.15, 0.2) is 0 Å². The summed E-state index contributed by atoms with van der Waals surface area (Å²) in [5.41, 5.74) is 2.03. The minimum atomic E-state index is -0.0152. The molecular weight excluding hydrogens is 349 g/mol. The van der Waals surface area contributed by atoms with Gasteiger partial charge >= 0.3 is 0 Å². The van der Waals surface area contributed by atoms with Gasteiger partial charge in [-0.05, 0) is 40.2 Å². The van der Waals surface area contributed by atoms with Crippen molar-refractivity contribution in [1.82, 2.24) is 15.1 Å². The molecule has 2 aromatic rings. The number of hydrogen-bond acceptors (Lipinski definition) is 2. The van der Waals surface area contributed by atoms with E-state index in [0.717, 1.165) is 22.3 Å². The third-order valence-corrected chi connectivity index (χ3v) is 4.40. The number of nitrogens with one attached hydrogen (secondary N) is 1. The molecule has 1 aromatic carbocycles. The lowest BCUT2D eigenvalue weighted by Gasteiger charge is -2.20. The van der Waals surface area contributed by atoms with Crippen LogP contribution in [0.25, 0.3) is 0 Å². The Kier molecular flexibility index (Phi) is 4.90. The van der Waals surface area contributed by atoms with E-state index in [-0.39, 0.29) is 6.04 Å². The predicted octanol–water partition coefficient (Wildman–Crippen LogP) is 4.19. The van der Waals surface area contributed by atoms with Gasteiger partial charge < -0.3 is 5.32 Å². The SMILES string of the molecule is CCNC(c1ccc(Cl)c(Br)c1)c1c(Cl)cnn1C. The second kappa shape index (κ2) is 6.27. The standard InChI is InChI=1S/C13H14BrCl2N3/c1-3-17-12(13-11(16)7-18-19(13)2)8-4-5-10(15)9(14)6-8/h4-7,12,17H,3H2,1-2H3. The molecule has 0 spiro atoms. The van der Waals surface area contributed by atoms with Crippen molar-refractivity contribution in [3.63, 3.8) is 0 Å². The molecule has 0 bridgehead atoms. The number of hydrogen-bond donors (Lipinski definition) is 1. The first-order chi connectivity index (χ1) is 9.04. The van der Waals surface area contributed by atoms with Gasteiger partial charge in [0.05, 0.1) is 28.0 Å². The summed E-state index contributed by atoms with van der Waals surface area (Å²) in [6.07, 6.45) is 1.66. The molecule has 19 heavy (non-hydrogen) atoms. The van der Waals surface area contributed by atoms with Crippen LogP contribution in [0.4, 0.5) is 0 Å². The Balaban J connectivity index is 2.48. The fraction of sp³-hybridized carbons (Fsp3) is 0.308. The normalized spacial score (nSPS) is 12.7. The summed E-state index contributed by atoms with van der Waals surface area (Å²) in [7, 11) is 1.89. The molecule has 3 nitrogen and oxygen atoms in total. The number of nitrogens with zero attached hydrogens (tertiary/aromatic N) is 2. The van der Waals surface area contributed by atoms with Gasteiger partial charge in [0, 0.05) is 11.5 Å². The molecule has 1 unspecified atom stereocenters. The van der Waals surface area contributed by atoms with Crippen LogP contribution in [0, 0.1) is 0 Å². The molecular formula is C13H14BrCl2N3. The maximum Gasteiger partial charge on any atom is 0.0837 e. The van der Waals surface area contributed by atoms with Crippen LogP contribution in [0.1, 0.15) is 24.2 Å². The summed E-state index contributed by atoms with van der Waals surface area (Å²) in [4.78, 5) is 0. The number of rotatable bonds is 4. The first-order valence-electron chi connectivity index (χ1n) is 5.90. The Bertz CT molecular complexity index is 564. The summed E-state index contributed by atoms with van der Waals surface area (Å²) in [5.74, 6) is 0. The van der Waals surface area contributed by atoms with E-state index in [1.807, 2.05) is 25.2 Å². The van der Waals surface area contributed by atoms with Gasteiger partial charge in [-0.1, -0.05) is 36.2 Å². The zero-order valence-corrected chi connectivity index (χ0v) is 13.7. The third-order valence-electron chi connectivity index (χ3n) is 2.90. The van der Waals surface area contributed by atoms with Crippen molar-refractivity contribution >= 4 is 39.1 Å². The third kappa shape index (κ3) is 3.14. The van der Waals surface area contributed by atoms with Gasteiger partial charge in [-0.15, -0.1) is 0 Å². The Hall–Kier alpha value is -0.550. The molecule has 0 aliphatic rings. The van der Waals surface area contributed by atoms with E-state index in [1.165, 1.54) is 0 Å². The van der Waals surface area contributed by atoms with Crippen molar-refractivity contribution in [3.8, 4) is 0 Å². The highest BCUT2D eigenvalue weighted by atomic mass is 79.9. The highest BCUT2D eigenvalue weighted by Crippen LogP contribution is 2.31. The number of aromatic nitrogens is 2. The van der Waals surface area contributed by atoms with Crippen LogP contribution in [-0.2, 0) is 7.05 Å². The van der Waals surface area contributed by atoms with E-state index in [9.17, 15) is 0 Å². The number of halogens is 3. The van der Waals surface area contributed by atoms with Gasteiger partial charge in [0.1, 0.15) is 0 Å². The van der Waals surface area contributed by atoms with Crippen LogP contribution in [0.5, 0.6) is 0 Å². The summed E-state index contributed by atoms with van der Waals surface area (Å²) >= 11 is 15.7. The van der Waals surface area contributed by atoms with Gasteiger partial charge in [-0.2, -0.15) is 5.10 Å². The maximum absolute atomic E-state index is 6.24. The molecule has 0 radical (unpaired) electrons. The van der Waals surface area contributed by atoms with Crippen LogP contribution in [0.2, 0.25) is 10.0 Å². The summed E-state index contributed by atoms with van der Waals surface area (Å²) in [6.45, 7) is 2.88. The second-order valence-electron chi connectivity index (χ2n) is 4.17. The van der Waals surface area contributed by atoms with Crippen molar-refractivity contribution in [2.45, 2.75) is 13.0 Å². The summed E-state index contributed by atoms with van der Waals surface area (Å²) < 4.78 is 2.66. The van der Waals surface area contributed by atoms with E-state index < -0.39 is 0 Å². The van der Waals surface area contributed by atoms with Crippen molar-refractivity contribution < 1.29 is 0 Å². The summed E-state index contributed by atoms with van der Waals surface area (Å²) in [6, 6.07) is 5.84. The number of benzene rings is 1. The minimum absolute atomic E-state index is 0.0152. The average molecular weight is 363 g/mol. The quantitative estimate of drug-likeness (QED) is 0.883. The lowest BCUT2D eigenvalue weighted by Crippen LogP contribution is -2.24. The molecule has 0 aliphatic heterocycles. The fourth-order valence-electron chi connectivity index (χ4n) is 2.01. The molecule has 1 N–H and O–H groups in total. The molecule has 0 saturated heterocycles. The predicted molar refractivity (Wildman–Crippen MR) is 82.9 cm³/mol. The van der Waals surface area contributed by atoms with Gasteiger partial charge in [-0.3, -0.25) is 4.68 Å². The first kappa shape index (κ1) is 14.9. The molecule has 1 aromatic heterocycles. The Morgan fingerprint density at radius 2 is 2.11 bits per heavy atom. The van der Waals surface area contributed by atoms with E-state index in [1.54, 1.807) is 10.9 Å². The average Bonchev–Trinajstić information content (AvgIpc) is 2.70. The van der Waals surface area contributed by atoms with Gasteiger partial charge in [-0.25, -0.2) is 0 Å². The van der Waals surface area contributed by atoms with Crippen LogP contribution in [0.15, 0.2) is 28.9 Å². The van der Waals surface area contributed by atoms with Gasteiger partial charge in [0.2, 0.25) is 0 Å². The van der Waals surface area contributed by atoms with E-state index in [0.29, 0.717) is 10.0 Å². The lowest BCUT2D eigenvalue weighted by atomic mass is 10.0. The van der Waals surface area contributed by atoms with Crippen LogP contribution in [-0.4, -0.2) is 16.3 Å². The van der Waals surface area contributed by atoms with Crippen molar-refractivity contribution in [3.05, 3.63) is 50.2 Å². The second-order valence-corrected chi connectivity index (χ2v) is 5.83. The zero-order valence-electron chi connectivity index (χ0n) is 10.6. The molecule has 0 fully saturated rings. The van der Waals surface area contributed by atoms with Crippen LogP contribution < -0.4 is 5.32 Å². The highest BCUT2D eigenvalue weighted by Gasteiger charge is 2.20. The highest BCUT2D eigenvalue weighted by molar-refractivity contribution is 9.10. The Morgan fingerprint density at radius 1 is 1.37 bits per heavy atom. The molecule has 1 atom stereocenters. The van der Waals surface area contributed by atoms with Crippen molar-refractivity contribution in [2.75, 3.05) is 6.54 Å².